The van der Waals surface area contributed by atoms with Gasteiger partial charge < -0.3 is 15.8 Å². The molecule has 0 bridgehead atoms. The van der Waals surface area contributed by atoms with Crippen molar-refractivity contribution >= 4 is 45.7 Å². The summed E-state index contributed by atoms with van der Waals surface area (Å²) in [5, 5.41) is 7.49. The smallest absolute Gasteiger partial charge is 0.341 e. The molecule has 2 amide bonds. The van der Waals surface area contributed by atoms with E-state index in [1.54, 1.807) is 20.8 Å². The normalized spacial score (nSPS) is 10.6. The summed E-state index contributed by atoms with van der Waals surface area (Å²) in [6.45, 7) is 4.96. The molecular formula is C15H17ClN4O4S. The van der Waals surface area contributed by atoms with Crippen molar-refractivity contribution in [2.75, 3.05) is 12.4 Å². The molecule has 0 aliphatic rings. The molecule has 2 aromatic heterocycles. The van der Waals surface area contributed by atoms with Crippen LogP contribution in [0.15, 0.2) is 0 Å². The number of hydrogen-bond acceptors (Lipinski definition) is 6. The molecule has 0 saturated heterocycles. The Morgan fingerprint density at radius 3 is 2.44 bits per heavy atom. The van der Waals surface area contributed by atoms with Crippen LogP contribution in [0.2, 0.25) is 5.02 Å². The Hall–Kier alpha value is -2.39. The van der Waals surface area contributed by atoms with E-state index in [2.05, 4.69) is 10.4 Å². The van der Waals surface area contributed by atoms with Crippen LogP contribution in [0.1, 0.15) is 37.0 Å². The lowest BCUT2D eigenvalue weighted by molar-refractivity contribution is -0.116. The standard InChI is InChI=1S/C15H17ClN4O4S/c1-6-10(15(23)24-4)14(25-12(6)13(17)22)18-9(21)5-20-8(3)11(16)7(2)19-20/h5H2,1-4H3,(H2,17,22)(H,18,21). The van der Waals surface area contributed by atoms with Crippen molar-refractivity contribution in [3.05, 3.63) is 32.4 Å². The van der Waals surface area contributed by atoms with Crippen LogP contribution in [0.4, 0.5) is 5.00 Å². The lowest BCUT2D eigenvalue weighted by atomic mass is 10.1. The number of anilines is 1. The van der Waals surface area contributed by atoms with E-state index >= 15 is 0 Å². The molecule has 0 spiro atoms. The van der Waals surface area contributed by atoms with Crippen molar-refractivity contribution in [1.82, 2.24) is 9.78 Å². The lowest BCUT2D eigenvalue weighted by Crippen LogP contribution is -2.21. The summed E-state index contributed by atoms with van der Waals surface area (Å²) in [4.78, 5) is 36.0. The first kappa shape index (κ1) is 18.9. The fourth-order valence-corrected chi connectivity index (χ4v) is 3.51. The number of thiophene rings is 1. The van der Waals surface area contributed by atoms with Crippen molar-refractivity contribution in [3.8, 4) is 0 Å². The Morgan fingerprint density at radius 1 is 1.32 bits per heavy atom. The van der Waals surface area contributed by atoms with Crippen LogP contribution in [0, 0.1) is 20.8 Å². The summed E-state index contributed by atoms with van der Waals surface area (Å²) in [5.41, 5.74) is 7.06. The molecule has 0 atom stereocenters. The summed E-state index contributed by atoms with van der Waals surface area (Å²) >= 11 is 6.99. The molecule has 0 fully saturated rings. The lowest BCUT2D eigenvalue weighted by Gasteiger charge is -2.07. The summed E-state index contributed by atoms with van der Waals surface area (Å²) < 4.78 is 6.18. The number of hydrogen-bond donors (Lipinski definition) is 2. The van der Waals surface area contributed by atoms with E-state index in [-0.39, 0.29) is 22.0 Å². The number of primary amides is 1. The minimum Gasteiger partial charge on any atom is -0.465 e. The zero-order valence-electron chi connectivity index (χ0n) is 14.1. The van der Waals surface area contributed by atoms with E-state index in [0.29, 0.717) is 22.0 Å². The Bertz CT molecular complexity index is 871. The molecule has 2 aromatic rings. The maximum Gasteiger partial charge on any atom is 0.341 e. The molecule has 0 aliphatic carbocycles. The molecule has 0 unspecified atom stereocenters. The number of aromatic nitrogens is 2. The highest BCUT2D eigenvalue weighted by atomic mass is 35.5. The third-order valence-electron chi connectivity index (χ3n) is 3.60. The van der Waals surface area contributed by atoms with Crippen LogP contribution < -0.4 is 11.1 Å². The van der Waals surface area contributed by atoms with Gasteiger partial charge in [0, 0.05) is 0 Å². The van der Waals surface area contributed by atoms with Gasteiger partial charge in [0.2, 0.25) is 5.91 Å². The number of carbonyl (C=O) groups is 3. The predicted molar refractivity (Wildman–Crippen MR) is 94.3 cm³/mol. The quantitative estimate of drug-likeness (QED) is 0.765. The van der Waals surface area contributed by atoms with Crippen LogP contribution in [0.5, 0.6) is 0 Å². The van der Waals surface area contributed by atoms with E-state index in [1.165, 1.54) is 11.8 Å². The minimum absolute atomic E-state index is 0.0944. The number of nitrogens with two attached hydrogens (primary N) is 1. The number of carbonyl (C=O) groups excluding carboxylic acids is 3. The first-order valence-corrected chi connectivity index (χ1v) is 8.37. The van der Waals surface area contributed by atoms with Crippen molar-refractivity contribution in [2.24, 2.45) is 5.73 Å². The number of methoxy groups -OCH3 is 1. The molecule has 10 heteroatoms. The average Bonchev–Trinajstić information content (AvgIpc) is 2.99. The van der Waals surface area contributed by atoms with Crippen LogP contribution >= 0.6 is 22.9 Å². The number of halogens is 1. The number of nitrogens with one attached hydrogen (secondary N) is 1. The van der Waals surface area contributed by atoms with Crippen molar-refractivity contribution < 1.29 is 19.1 Å². The first-order valence-electron chi connectivity index (χ1n) is 7.18. The van der Waals surface area contributed by atoms with Crippen molar-refractivity contribution in [1.29, 1.82) is 0 Å². The summed E-state index contributed by atoms with van der Waals surface area (Å²) in [7, 11) is 1.22. The van der Waals surface area contributed by atoms with Crippen LogP contribution in [0.25, 0.3) is 0 Å². The molecule has 2 rings (SSSR count). The van der Waals surface area contributed by atoms with E-state index < -0.39 is 17.8 Å². The highest BCUT2D eigenvalue weighted by molar-refractivity contribution is 7.18. The highest BCUT2D eigenvalue weighted by Crippen LogP contribution is 2.33. The Kier molecular flexibility index (Phi) is 5.48. The van der Waals surface area contributed by atoms with E-state index in [4.69, 9.17) is 22.1 Å². The molecular weight excluding hydrogens is 368 g/mol. The van der Waals surface area contributed by atoms with Gasteiger partial charge in [-0.1, -0.05) is 11.6 Å². The van der Waals surface area contributed by atoms with Gasteiger partial charge in [0.15, 0.2) is 0 Å². The minimum atomic E-state index is -0.682. The van der Waals surface area contributed by atoms with Crippen molar-refractivity contribution in [2.45, 2.75) is 27.3 Å². The molecule has 0 radical (unpaired) electrons. The topological polar surface area (TPSA) is 116 Å². The van der Waals surface area contributed by atoms with Crippen LogP contribution in [0.3, 0.4) is 0 Å². The fraction of sp³-hybridized carbons (Fsp3) is 0.333. The molecule has 0 aromatic carbocycles. The van der Waals surface area contributed by atoms with Gasteiger partial charge in [0.1, 0.15) is 11.5 Å². The van der Waals surface area contributed by atoms with Gasteiger partial charge >= 0.3 is 5.97 Å². The van der Waals surface area contributed by atoms with E-state index in [0.717, 1.165) is 11.3 Å². The highest BCUT2D eigenvalue weighted by Gasteiger charge is 2.25. The molecule has 0 saturated carbocycles. The SMILES string of the molecule is COC(=O)c1c(NC(=O)Cn2nc(C)c(Cl)c2C)sc(C(N)=O)c1C. The molecule has 134 valence electrons. The Morgan fingerprint density at radius 2 is 1.96 bits per heavy atom. The molecule has 25 heavy (non-hydrogen) atoms. The Balaban J connectivity index is 2.31. The van der Waals surface area contributed by atoms with E-state index in [1.807, 2.05) is 0 Å². The number of rotatable bonds is 5. The third-order valence-corrected chi connectivity index (χ3v) is 5.37. The van der Waals surface area contributed by atoms with Crippen molar-refractivity contribution in [3.63, 3.8) is 0 Å². The second-order valence-electron chi connectivity index (χ2n) is 5.31. The third kappa shape index (κ3) is 3.67. The fourth-order valence-electron chi connectivity index (χ4n) is 2.32. The molecule has 8 nitrogen and oxygen atoms in total. The van der Waals surface area contributed by atoms with Crippen LogP contribution in [-0.4, -0.2) is 34.7 Å². The Labute approximate surface area is 152 Å². The molecule has 3 N–H and O–H groups in total. The van der Waals surface area contributed by atoms with Gasteiger partial charge in [-0.15, -0.1) is 11.3 Å². The van der Waals surface area contributed by atoms with Gasteiger partial charge in [-0.2, -0.15) is 5.10 Å². The molecule has 2 heterocycles. The summed E-state index contributed by atoms with van der Waals surface area (Å²) in [6, 6.07) is 0. The average molecular weight is 385 g/mol. The monoisotopic (exact) mass is 384 g/mol. The largest absolute Gasteiger partial charge is 0.465 e. The predicted octanol–water partition coefficient (Wildman–Crippen LogP) is 2.05. The van der Waals surface area contributed by atoms with Gasteiger partial charge in [-0.05, 0) is 26.3 Å². The van der Waals surface area contributed by atoms with Gasteiger partial charge in [-0.25, -0.2) is 4.79 Å². The summed E-state index contributed by atoms with van der Waals surface area (Å²) in [6.07, 6.45) is 0. The van der Waals surface area contributed by atoms with Gasteiger partial charge in [0.05, 0.1) is 34.0 Å². The number of nitrogens with zero attached hydrogens (tertiary/aromatic N) is 2. The number of esters is 1. The zero-order valence-corrected chi connectivity index (χ0v) is 15.7. The maximum absolute atomic E-state index is 12.3. The summed E-state index contributed by atoms with van der Waals surface area (Å²) in [5.74, 6) is -1.77. The second-order valence-corrected chi connectivity index (χ2v) is 6.71. The second kappa shape index (κ2) is 7.24. The number of ether oxygens (including phenoxy) is 1. The van der Waals surface area contributed by atoms with Gasteiger partial charge in [0.25, 0.3) is 5.91 Å². The van der Waals surface area contributed by atoms with Crippen LogP contribution in [-0.2, 0) is 16.1 Å². The van der Waals surface area contributed by atoms with Gasteiger partial charge in [-0.3, -0.25) is 14.3 Å². The zero-order chi connectivity index (χ0) is 18.9. The number of aryl methyl sites for hydroxylation is 1. The first-order chi connectivity index (χ1) is 11.7. The number of amides is 2. The molecule has 0 aliphatic heterocycles. The van der Waals surface area contributed by atoms with E-state index in [9.17, 15) is 14.4 Å². The maximum atomic E-state index is 12.3.